The second-order valence-electron chi connectivity index (χ2n) is 13.1. The molecule has 2 aliphatic heterocycles. The van der Waals surface area contributed by atoms with Gasteiger partial charge in [-0.15, -0.1) is 0 Å². The van der Waals surface area contributed by atoms with Crippen molar-refractivity contribution >= 4 is 61.0 Å². The monoisotopic (exact) mass is 752 g/mol. The molecule has 0 unspecified atom stereocenters. The van der Waals surface area contributed by atoms with E-state index in [2.05, 4.69) is 15.6 Å². The molecule has 7 rings (SSSR count). The zero-order valence-corrected chi connectivity index (χ0v) is 30.3. The lowest BCUT2D eigenvalue weighted by Gasteiger charge is -2.32. The second kappa shape index (κ2) is 15.2. The Balaban J connectivity index is 0.000000934. The number of hydrogen-bond acceptors (Lipinski definition) is 11. The Hall–Kier alpha value is -5.94. The fourth-order valence-corrected chi connectivity index (χ4v) is 6.81. The molecule has 278 valence electrons. The number of imide groups is 2. The van der Waals surface area contributed by atoms with Crippen molar-refractivity contribution < 1.29 is 37.1 Å². The molecule has 3 heterocycles. The maximum atomic E-state index is 13.8. The van der Waals surface area contributed by atoms with Gasteiger partial charge in [-0.2, -0.15) is 8.42 Å². The summed E-state index contributed by atoms with van der Waals surface area (Å²) >= 11 is 0. The summed E-state index contributed by atoms with van der Waals surface area (Å²) in [6.45, 7) is 5.16. The van der Waals surface area contributed by atoms with Gasteiger partial charge >= 0.3 is 0 Å². The molecule has 0 saturated carbocycles. The third-order valence-corrected chi connectivity index (χ3v) is 9.15. The molecule has 3 N–H and O–H groups in total. The summed E-state index contributed by atoms with van der Waals surface area (Å²) in [5, 5.41) is 20.4. The van der Waals surface area contributed by atoms with E-state index >= 15 is 0 Å². The van der Waals surface area contributed by atoms with Crippen LogP contribution in [-0.4, -0.2) is 101 Å². The van der Waals surface area contributed by atoms with E-state index < -0.39 is 38.9 Å². The van der Waals surface area contributed by atoms with Crippen LogP contribution >= 0.6 is 0 Å². The molecule has 0 aliphatic carbocycles. The van der Waals surface area contributed by atoms with Crippen molar-refractivity contribution in [1.82, 2.24) is 25.4 Å². The van der Waals surface area contributed by atoms with Crippen molar-refractivity contribution in [3.8, 4) is 11.3 Å². The Morgan fingerprint density at radius 2 is 1.20 bits per heavy atom. The fourth-order valence-electron chi connectivity index (χ4n) is 6.81. The smallest absolute Gasteiger partial charge is 0.270 e. The average molecular weight is 753 g/mol. The first-order chi connectivity index (χ1) is 25.7. The summed E-state index contributed by atoms with van der Waals surface area (Å²) in [5.74, 6) is -1.71. The van der Waals surface area contributed by atoms with Crippen LogP contribution in [0.25, 0.3) is 32.8 Å². The number of nitrogens with zero attached hydrogens (tertiary/aromatic N) is 4. The molecule has 4 amide bonds. The topological polar surface area (TPSA) is 209 Å². The fraction of sp³-hybridized carbons (Fsp3) is 0.237. The average Bonchev–Trinajstić information content (AvgIpc) is 3.13. The van der Waals surface area contributed by atoms with Crippen LogP contribution in [0.3, 0.4) is 0 Å². The van der Waals surface area contributed by atoms with Gasteiger partial charge in [0.05, 0.1) is 22.4 Å². The number of hydrogen-bond donors (Lipinski definition) is 3. The van der Waals surface area contributed by atoms with Gasteiger partial charge in [0, 0.05) is 89.6 Å². The molecule has 0 fully saturated rings. The number of nitrogens with one attached hydrogen (secondary N) is 2. The molecule has 2 aliphatic rings. The van der Waals surface area contributed by atoms with Gasteiger partial charge in [0.25, 0.3) is 39.4 Å². The first kappa shape index (κ1) is 37.8. The van der Waals surface area contributed by atoms with Gasteiger partial charge in [-0.3, -0.25) is 48.6 Å². The van der Waals surface area contributed by atoms with Gasteiger partial charge in [0.1, 0.15) is 0 Å². The third kappa shape index (κ3) is 7.58. The van der Waals surface area contributed by atoms with Gasteiger partial charge in [0.2, 0.25) is 0 Å². The van der Waals surface area contributed by atoms with Crippen LogP contribution in [-0.2, 0) is 10.1 Å². The second-order valence-corrected chi connectivity index (χ2v) is 14.6. The summed E-state index contributed by atoms with van der Waals surface area (Å²) in [4.78, 5) is 72.0. The van der Waals surface area contributed by atoms with Crippen LogP contribution in [0.2, 0.25) is 0 Å². The van der Waals surface area contributed by atoms with Crippen molar-refractivity contribution in [1.29, 1.82) is 0 Å². The molecular weight excluding hydrogens is 717 g/mol. The van der Waals surface area contributed by atoms with Gasteiger partial charge < -0.3 is 10.6 Å². The van der Waals surface area contributed by atoms with E-state index in [1.165, 1.54) is 17.0 Å². The molecule has 15 nitrogen and oxygen atoms in total. The summed E-state index contributed by atoms with van der Waals surface area (Å²) in [5.41, 5.74) is 2.73. The summed E-state index contributed by atoms with van der Waals surface area (Å²) in [6, 6.07) is 21.3. The number of aromatic nitrogens is 1. The number of nitro benzene ring substituents is 1. The van der Waals surface area contributed by atoms with Crippen molar-refractivity contribution in [2.45, 2.75) is 25.9 Å². The van der Waals surface area contributed by atoms with Crippen molar-refractivity contribution in [2.75, 3.05) is 32.4 Å². The van der Waals surface area contributed by atoms with Crippen molar-refractivity contribution in [3.05, 3.63) is 117 Å². The molecular formula is C38H36N6O9S. The Kier molecular flexibility index (Phi) is 10.6. The normalized spacial score (nSPS) is 15.0. The van der Waals surface area contributed by atoms with Gasteiger partial charge in [-0.1, -0.05) is 30.3 Å². The summed E-state index contributed by atoms with van der Waals surface area (Å²) in [7, 11) is -3.67. The largest absolute Gasteiger partial charge is 0.313 e. The van der Waals surface area contributed by atoms with Crippen LogP contribution < -0.4 is 10.6 Å². The number of amides is 4. The van der Waals surface area contributed by atoms with E-state index in [1.54, 1.807) is 43.5 Å². The third-order valence-electron chi connectivity index (χ3n) is 9.15. The van der Waals surface area contributed by atoms with Crippen molar-refractivity contribution in [2.24, 2.45) is 0 Å². The lowest BCUT2D eigenvalue weighted by atomic mass is 9.90. The number of nitro groups is 1. The minimum atomic E-state index is -3.67. The van der Waals surface area contributed by atoms with Gasteiger partial charge in [-0.05, 0) is 61.0 Å². The first-order valence-corrected chi connectivity index (χ1v) is 18.8. The van der Waals surface area contributed by atoms with E-state index in [4.69, 9.17) is 4.55 Å². The Morgan fingerprint density at radius 1 is 0.722 bits per heavy atom. The number of pyridine rings is 1. The number of non-ortho nitro benzene ring substituents is 1. The molecule has 4 aromatic carbocycles. The number of rotatable bonds is 11. The Bertz CT molecular complexity index is 2450. The highest BCUT2D eigenvalue weighted by molar-refractivity contribution is 7.85. The van der Waals surface area contributed by atoms with E-state index in [-0.39, 0.29) is 29.6 Å². The molecule has 16 heteroatoms. The quantitative estimate of drug-likeness (QED) is 0.0567. The molecule has 5 aromatic rings. The van der Waals surface area contributed by atoms with E-state index in [1.807, 2.05) is 43.3 Å². The number of benzene rings is 4. The highest BCUT2D eigenvalue weighted by atomic mass is 32.2. The van der Waals surface area contributed by atoms with E-state index in [0.29, 0.717) is 58.7 Å². The molecule has 0 radical (unpaired) electrons. The number of carbonyl (C=O) groups excluding carboxylic acids is 4. The van der Waals surface area contributed by atoms with Gasteiger partial charge in [-0.25, -0.2) is 0 Å². The Labute approximate surface area is 309 Å². The highest BCUT2D eigenvalue weighted by Gasteiger charge is 2.38. The first-order valence-electron chi connectivity index (χ1n) is 16.9. The predicted molar refractivity (Wildman–Crippen MR) is 201 cm³/mol. The molecule has 0 bridgehead atoms. The lowest BCUT2D eigenvalue weighted by Crippen LogP contribution is -2.51. The molecule has 0 saturated heterocycles. The zero-order chi connectivity index (χ0) is 38.9. The summed E-state index contributed by atoms with van der Waals surface area (Å²) < 4.78 is 25.9. The minimum Gasteiger partial charge on any atom is -0.313 e. The molecule has 2 atom stereocenters. The minimum absolute atomic E-state index is 0.135. The lowest BCUT2D eigenvalue weighted by molar-refractivity contribution is -0.384. The molecule has 54 heavy (non-hydrogen) atoms. The van der Waals surface area contributed by atoms with E-state index in [9.17, 15) is 37.7 Å². The zero-order valence-electron chi connectivity index (χ0n) is 29.5. The van der Waals surface area contributed by atoms with Crippen LogP contribution in [0.15, 0.2) is 85.1 Å². The predicted octanol–water partition coefficient (Wildman–Crippen LogP) is 4.32. The van der Waals surface area contributed by atoms with E-state index in [0.717, 1.165) is 21.5 Å². The highest BCUT2D eigenvalue weighted by Crippen LogP contribution is 2.36. The van der Waals surface area contributed by atoms with Crippen LogP contribution in [0, 0.1) is 10.1 Å². The molecule has 0 spiro atoms. The molecule has 1 aromatic heterocycles. The summed E-state index contributed by atoms with van der Waals surface area (Å²) in [6.07, 6.45) is 2.41. The Morgan fingerprint density at radius 3 is 1.69 bits per heavy atom. The van der Waals surface area contributed by atoms with Crippen molar-refractivity contribution in [3.63, 3.8) is 0 Å². The maximum absolute atomic E-state index is 13.8. The maximum Gasteiger partial charge on any atom is 0.270 e. The van der Waals surface area contributed by atoms with Crippen LogP contribution in [0.5, 0.6) is 0 Å². The standard InChI is InChI=1S/C37H32N6O6.CH4O3S/c1-21(41-34(44)27-9-5-7-23-15-25(31-11-3-4-12-40-31)17-29(32(23)27)36(41)46)19-38-13-14-39-20-22(2)42-35(45)28-10-6-8-24-16-26(43(48)49)18-30(33(24)28)37(42)47;1-5(2,3)4/h3-12,15-18,21-22,38-39H,13-14,19-20H2,1-2H3;1H3,(H,2,3,4)/t21-,22+;/m1./s1. The van der Waals surface area contributed by atoms with Crippen LogP contribution in [0.4, 0.5) is 5.69 Å². The van der Waals surface area contributed by atoms with Gasteiger partial charge in [0.15, 0.2) is 0 Å². The SMILES string of the molecule is CS(=O)(=O)O.C[C@H](CNCCNC[C@H](C)N1C(=O)c2cccc3cc([N+](=O)[O-])cc(c23)C1=O)N1C(=O)c2cccc3cc(-c4ccccn4)cc(c23)C1=O. The number of carbonyl (C=O) groups is 4. The van der Waals surface area contributed by atoms with Crippen LogP contribution in [0.1, 0.15) is 55.3 Å².